The number of quaternary nitrogens is 1. The predicted octanol–water partition coefficient (Wildman–Crippen LogP) is -0.408. The highest BCUT2D eigenvalue weighted by molar-refractivity contribution is 6.32. The SMILES string of the molecule is Bc1ccnc([N+]2(O)CCCC([C@]3(C)CC(=O)N(C)C(=N)N3)C2)c1. The Kier molecular flexibility index (Phi) is 4.13. The zero-order valence-electron chi connectivity index (χ0n) is 14.5. The van der Waals surface area contributed by atoms with E-state index in [-0.39, 0.29) is 22.4 Å². The van der Waals surface area contributed by atoms with Gasteiger partial charge >= 0.3 is 0 Å². The number of hydroxylamine groups is 2. The number of aromatic nitrogens is 1. The number of pyridine rings is 1. The fourth-order valence-corrected chi connectivity index (χ4v) is 3.82. The smallest absolute Gasteiger partial charge is 0.259 e. The second-order valence-corrected chi connectivity index (χ2v) is 7.38. The van der Waals surface area contributed by atoms with Crippen molar-refractivity contribution in [2.24, 2.45) is 5.92 Å². The van der Waals surface area contributed by atoms with Crippen molar-refractivity contribution in [1.82, 2.24) is 19.8 Å². The maximum Gasteiger partial charge on any atom is 0.259 e. The molecule has 0 aromatic carbocycles. The average molecular weight is 330 g/mol. The van der Waals surface area contributed by atoms with Gasteiger partial charge in [0.2, 0.25) is 5.91 Å². The molecule has 0 bridgehead atoms. The Balaban J connectivity index is 1.85. The van der Waals surface area contributed by atoms with Gasteiger partial charge in [0.1, 0.15) is 20.9 Å². The molecule has 2 fully saturated rings. The number of nitrogens with zero attached hydrogens (tertiary/aromatic N) is 3. The molecule has 0 aliphatic carbocycles. The van der Waals surface area contributed by atoms with Crippen molar-refractivity contribution in [2.75, 3.05) is 20.1 Å². The summed E-state index contributed by atoms with van der Waals surface area (Å²) in [6, 6.07) is 3.83. The van der Waals surface area contributed by atoms with E-state index in [1.165, 1.54) is 4.90 Å². The summed E-state index contributed by atoms with van der Waals surface area (Å²) in [5, 5.41) is 22.4. The Bertz CT molecular complexity index is 664. The number of carbonyl (C=O) groups is 1. The van der Waals surface area contributed by atoms with E-state index >= 15 is 0 Å². The predicted molar refractivity (Wildman–Crippen MR) is 95.1 cm³/mol. The van der Waals surface area contributed by atoms with Crippen LogP contribution in [0.3, 0.4) is 0 Å². The molecule has 3 atom stereocenters. The topological polar surface area (TPSA) is 89.3 Å². The largest absolute Gasteiger partial charge is 0.350 e. The third-order valence-electron chi connectivity index (χ3n) is 5.46. The molecule has 1 aromatic heterocycles. The van der Waals surface area contributed by atoms with Crippen LogP contribution < -0.4 is 15.4 Å². The van der Waals surface area contributed by atoms with E-state index in [4.69, 9.17) is 5.41 Å². The lowest BCUT2D eigenvalue weighted by Crippen LogP contribution is -2.67. The molecule has 3 heterocycles. The molecule has 3 N–H and O–H groups in total. The first-order valence-electron chi connectivity index (χ1n) is 8.40. The van der Waals surface area contributed by atoms with Gasteiger partial charge in [0.15, 0.2) is 5.96 Å². The van der Waals surface area contributed by atoms with E-state index in [1.54, 1.807) is 13.2 Å². The molecule has 0 radical (unpaired) electrons. The normalized spacial score (nSPS) is 34.1. The summed E-state index contributed by atoms with van der Waals surface area (Å²) >= 11 is 0. The molecule has 2 aliphatic heterocycles. The van der Waals surface area contributed by atoms with Crippen molar-refractivity contribution in [3.05, 3.63) is 18.3 Å². The number of hydrogen-bond acceptors (Lipinski definition) is 4. The number of piperidine rings is 1. The van der Waals surface area contributed by atoms with Crippen molar-refractivity contribution in [1.29, 1.82) is 5.41 Å². The minimum atomic E-state index is -0.517. The van der Waals surface area contributed by atoms with Crippen molar-refractivity contribution in [3.8, 4) is 0 Å². The summed E-state index contributed by atoms with van der Waals surface area (Å²) in [4.78, 5) is 17.9. The summed E-state index contributed by atoms with van der Waals surface area (Å²) in [5.74, 6) is 0.801. The van der Waals surface area contributed by atoms with Crippen LogP contribution in [0, 0.1) is 11.3 Å². The second-order valence-electron chi connectivity index (χ2n) is 7.38. The van der Waals surface area contributed by atoms with Gasteiger partial charge < -0.3 is 5.32 Å². The van der Waals surface area contributed by atoms with E-state index in [9.17, 15) is 10.0 Å². The molecule has 24 heavy (non-hydrogen) atoms. The molecule has 8 heteroatoms. The van der Waals surface area contributed by atoms with Crippen LogP contribution in [0.2, 0.25) is 0 Å². The van der Waals surface area contributed by atoms with E-state index in [2.05, 4.69) is 10.3 Å². The van der Waals surface area contributed by atoms with Gasteiger partial charge in [0.05, 0.1) is 12.0 Å². The van der Waals surface area contributed by atoms with E-state index in [0.717, 1.165) is 18.3 Å². The maximum absolute atomic E-state index is 12.2. The Morgan fingerprint density at radius 3 is 3.00 bits per heavy atom. The Morgan fingerprint density at radius 2 is 2.33 bits per heavy atom. The van der Waals surface area contributed by atoms with Crippen molar-refractivity contribution in [2.45, 2.75) is 31.7 Å². The highest BCUT2D eigenvalue weighted by Gasteiger charge is 2.49. The van der Waals surface area contributed by atoms with Crippen LogP contribution in [-0.2, 0) is 4.79 Å². The van der Waals surface area contributed by atoms with E-state index in [1.807, 2.05) is 26.9 Å². The van der Waals surface area contributed by atoms with Crippen LogP contribution in [0.15, 0.2) is 18.3 Å². The summed E-state index contributed by atoms with van der Waals surface area (Å²) < 4.78 is -0.207. The Labute approximate surface area is 143 Å². The number of amides is 1. The fourth-order valence-electron chi connectivity index (χ4n) is 3.82. The standard InChI is InChI=1S/C16H25BN5O2/c1-16(9-14(23)21(2)15(18)20-16)11-4-3-7-22(24,10-11)13-8-12(17)5-6-19-13/h5-6,8,11,24H,3-4,7,9-10,17H2,1-2H3,(H2,18,20)/q+1/t11?,16-,22?/m0/s1. The molecule has 2 saturated heterocycles. The monoisotopic (exact) mass is 330 g/mol. The Morgan fingerprint density at radius 1 is 1.58 bits per heavy atom. The van der Waals surface area contributed by atoms with E-state index in [0.29, 0.717) is 25.3 Å². The molecule has 2 aliphatic rings. The quantitative estimate of drug-likeness (QED) is 0.508. The highest BCUT2D eigenvalue weighted by atomic mass is 16.5. The van der Waals surface area contributed by atoms with Crippen LogP contribution in [0.4, 0.5) is 5.82 Å². The lowest BCUT2D eigenvalue weighted by atomic mass is 9.76. The Hall–Kier alpha value is -1.93. The zero-order valence-corrected chi connectivity index (χ0v) is 14.5. The number of carbonyl (C=O) groups excluding carboxylic acids is 1. The van der Waals surface area contributed by atoms with Gasteiger partial charge in [-0.1, -0.05) is 5.46 Å². The van der Waals surface area contributed by atoms with Crippen LogP contribution in [0.25, 0.3) is 0 Å². The fraction of sp³-hybridized carbons (Fsp3) is 0.562. The van der Waals surface area contributed by atoms with Gasteiger partial charge in [0, 0.05) is 31.6 Å². The lowest BCUT2D eigenvalue weighted by molar-refractivity contribution is -0.136. The lowest BCUT2D eigenvalue weighted by Gasteiger charge is -2.47. The first-order chi connectivity index (χ1) is 11.2. The first kappa shape index (κ1) is 16.9. The molecule has 3 rings (SSSR count). The van der Waals surface area contributed by atoms with Gasteiger partial charge in [-0.2, -0.15) is 0 Å². The molecule has 1 amide bonds. The number of guanidine groups is 1. The molecule has 128 valence electrons. The number of hydrogen-bond donors (Lipinski definition) is 3. The van der Waals surface area contributed by atoms with Gasteiger partial charge in [-0.3, -0.25) is 15.1 Å². The van der Waals surface area contributed by atoms with Crippen LogP contribution >= 0.6 is 0 Å². The first-order valence-corrected chi connectivity index (χ1v) is 8.40. The van der Waals surface area contributed by atoms with Gasteiger partial charge in [0.25, 0.3) is 5.82 Å². The molecular formula is C16H25BN5O2+. The van der Waals surface area contributed by atoms with Gasteiger partial charge in [-0.25, -0.2) is 10.2 Å². The van der Waals surface area contributed by atoms with E-state index < -0.39 is 5.54 Å². The van der Waals surface area contributed by atoms with Crippen LogP contribution in [0.5, 0.6) is 0 Å². The minimum Gasteiger partial charge on any atom is -0.350 e. The molecule has 0 saturated carbocycles. The molecule has 2 unspecified atom stereocenters. The summed E-state index contributed by atoms with van der Waals surface area (Å²) in [6.07, 6.45) is 3.82. The molecule has 1 aromatic rings. The van der Waals surface area contributed by atoms with Crippen LogP contribution in [0.1, 0.15) is 26.2 Å². The van der Waals surface area contributed by atoms with Crippen molar-refractivity contribution >= 4 is 31.0 Å². The minimum absolute atomic E-state index is 0.0588. The highest BCUT2D eigenvalue weighted by Crippen LogP contribution is 2.36. The summed E-state index contributed by atoms with van der Waals surface area (Å²) in [6.45, 7) is 3.09. The number of rotatable bonds is 2. The summed E-state index contributed by atoms with van der Waals surface area (Å²) in [5.41, 5.74) is 0.547. The number of nitrogens with one attached hydrogen (secondary N) is 2. The molecule has 7 nitrogen and oxygen atoms in total. The van der Waals surface area contributed by atoms with Crippen molar-refractivity contribution < 1.29 is 10.0 Å². The second kappa shape index (κ2) is 5.86. The molecular weight excluding hydrogens is 305 g/mol. The van der Waals surface area contributed by atoms with Crippen molar-refractivity contribution in [3.63, 3.8) is 0 Å². The zero-order chi connectivity index (χ0) is 17.5. The van der Waals surface area contributed by atoms with Gasteiger partial charge in [-0.15, -0.1) is 4.65 Å². The van der Waals surface area contributed by atoms with Gasteiger partial charge in [-0.05, 0) is 19.4 Å². The average Bonchev–Trinajstić information content (AvgIpc) is 2.53. The maximum atomic E-state index is 12.2. The third-order valence-corrected chi connectivity index (χ3v) is 5.46. The molecule has 0 spiro atoms. The van der Waals surface area contributed by atoms with Crippen LogP contribution in [-0.4, -0.2) is 60.5 Å². The third kappa shape index (κ3) is 2.91. The summed E-state index contributed by atoms with van der Waals surface area (Å²) in [7, 11) is 3.60.